The number of aliphatic carboxylic acids is 1. The minimum absolute atomic E-state index is 0.0163. The lowest BCUT2D eigenvalue weighted by Crippen LogP contribution is -2.37. The summed E-state index contributed by atoms with van der Waals surface area (Å²) in [5.74, 6) is -1.83. The van der Waals surface area contributed by atoms with Crippen LogP contribution in [0, 0.1) is 0 Å². The number of carboxylic acid groups (broad SMARTS) is 1. The van der Waals surface area contributed by atoms with Crippen molar-refractivity contribution in [3.05, 3.63) is 0 Å². The molecule has 6 N–H and O–H groups in total. The lowest BCUT2D eigenvalue weighted by molar-refractivity contribution is -0.140. The number of carboxylic acids is 1. The Kier molecular flexibility index (Phi) is 16.8. The standard InChI is InChI=1S/C18H31BN4O8/c19-17(27)13(20)3-1-2-6-21-16(26)11-31-10-9-30-8-7-22-15(25)5-4-14(18(28)29)23-12-24/h12-14H,1-11,20H2,(H,21,26)(H,22,25)(H,23,24)(H,28,29). The molecule has 0 aliphatic carbocycles. The molecule has 0 bridgehead atoms. The van der Waals surface area contributed by atoms with E-state index in [1.807, 2.05) is 0 Å². The first-order valence-electron chi connectivity index (χ1n) is 9.94. The van der Waals surface area contributed by atoms with Gasteiger partial charge in [0.15, 0.2) is 7.85 Å². The molecular formula is C18H31BN4O8. The molecule has 2 unspecified atom stereocenters. The van der Waals surface area contributed by atoms with Crippen molar-refractivity contribution in [1.82, 2.24) is 16.0 Å². The maximum atomic E-state index is 11.6. The van der Waals surface area contributed by atoms with Crippen LogP contribution in [0.1, 0.15) is 32.1 Å². The fourth-order valence-electron chi connectivity index (χ4n) is 2.28. The zero-order chi connectivity index (χ0) is 23.5. The van der Waals surface area contributed by atoms with Crippen molar-refractivity contribution in [1.29, 1.82) is 0 Å². The van der Waals surface area contributed by atoms with Crippen LogP contribution in [0.25, 0.3) is 0 Å². The SMILES string of the molecule is [B]C(=O)C(N)CCCCNC(=O)COCCOCCNC(=O)CCC(NC=O)C(=O)O. The van der Waals surface area contributed by atoms with E-state index in [1.54, 1.807) is 0 Å². The molecular weight excluding hydrogens is 411 g/mol. The topological polar surface area (TPSA) is 186 Å². The van der Waals surface area contributed by atoms with E-state index in [0.717, 1.165) is 0 Å². The summed E-state index contributed by atoms with van der Waals surface area (Å²) < 4.78 is 10.4. The smallest absolute Gasteiger partial charge is 0.326 e. The Labute approximate surface area is 182 Å². The fraction of sp³-hybridized carbons (Fsp3) is 0.722. The van der Waals surface area contributed by atoms with Crippen molar-refractivity contribution in [3.63, 3.8) is 0 Å². The van der Waals surface area contributed by atoms with Crippen LogP contribution in [0.15, 0.2) is 0 Å². The first-order valence-corrected chi connectivity index (χ1v) is 9.94. The molecule has 3 amide bonds. The van der Waals surface area contributed by atoms with Crippen molar-refractivity contribution < 1.29 is 38.6 Å². The van der Waals surface area contributed by atoms with Crippen molar-refractivity contribution >= 4 is 37.7 Å². The van der Waals surface area contributed by atoms with Crippen LogP contribution in [-0.2, 0) is 33.4 Å². The van der Waals surface area contributed by atoms with E-state index >= 15 is 0 Å². The molecule has 2 atom stereocenters. The molecule has 0 fully saturated rings. The van der Waals surface area contributed by atoms with Gasteiger partial charge in [-0.3, -0.25) is 14.4 Å². The van der Waals surface area contributed by atoms with Crippen LogP contribution >= 0.6 is 0 Å². The summed E-state index contributed by atoms with van der Waals surface area (Å²) in [5.41, 5.74) is 4.95. The second kappa shape index (κ2) is 18.3. The zero-order valence-electron chi connectivity index (χ0n) is 17.5. The third-order valence-corrected chi connectivity index (χ3v) is 4.03. The lowest BCUT2D eigenvalue weighted by Gasteiger charge is -2.11. The first-order chi connectivity index (χ1) is 14.8. The minimum Gasteiger partial charge on any atom is -0.480 e. The number of carbonyl (C=O) groups is 5. The Balaban J connectivity index is 3.53. The number of rotatable bonds is 20. The highest BCUT2D eigenvalue weighted by atomic mass is 16.5. The number of nitrogens with one attached hydrogen (secondary N) is 3. The number of hydrogen-bond acceptors (Lipinski definition) is 8. The molecule has 2 radical (unpaired) electrons. The monoisotopic (exact) mass is 442 g/mol. The second-order valence-corrected chi connectivity index (χ2v) is 6.58. The van der Waals surface area contributed by atoms with Crippen LogP contribution in [-0.4, -0.2) is 94.4 Å². The number of ether oxygens (including phenoxy) is 2. The van der Waals surface area contributed by atoms with Crippen LogP contribution in [0.4, 0.5) is 0 Å². The summed E-state index contributed by atoms with van der Waals surface area (Å²) in [6, 6.07) is -1.77. The van der Waals surface area contributed by atoms with Gasteiger partial charge < -0.3 is 41.1 Å². The lowest BCUT2D eigenvalue weighted by atomic mass is 9.92. The summed E-state index contributed by atoms with van der Waals surface area (Å²) >= 11 is 0. The number of hydrogen-bond donors (Lipinski definition) is 5. The fourth-order valence-corrected chi connectivity index (χ4v) is 2.28. The predicted molar refractivity (Wildman–Crippen MR) is 110 cm³/mol. The van der Waals surface area contributed by atoms with E-state index in [1.165, 1.54) is 0 Å². The molecule has 0 spiro atoms. The maximum Gasteiger partial charge on any atom is 0.326 e. The van der Waals surface area contributed by atoms with Gasteiger partial charge in [0.2, 0.25) is 18.2 Å². The number of amides is 3. The average Bonchev–Trinajstić information content (AvgIpc) is 2.72. The highest BCUT2D eigenvalue weighted by Gasteiger charge is 2.17. The number of nitrogens with two attached hydrogens (primary N) is 1. The van der Waals surface area contributed by atoms with Crippen molar-refractivity contribution in [2.75, 3.05) is 39.5 Å². The number of unbranched alkanes of at least 4 members (excludes halogenated alkanes) is 1. The first kappa shape index (κ1) is 28.5. The molecule has 0 rings (SSSR count). The molecule has 13 heteroatoms. The van der Waals surface area contributed by atoms with Gasteiger partial charge in [0.25, 0.3) is 0 Å². The molecule has 0 aromatic rings. The summed E-state index contributed by atoms with van der Waals surface area (Å²) in [4.78, 5) is 55.1. The maximum absolute atomic E-state index is 11.6. The molecule has 0 heterocycles. The Bertz CT molecular complexity index is 579. The Morgan fingerprint density at radius 3 is 2.29 bits per heavy atom. The molecule has 0 aliphatic heterocycles. The predicted octanol–water partition coefficient (Wildman–Crippen LogP) is -2.58. The summed E-state index contributed by atoms with van der Waals surface area (Å²) in [6.45, 7) is 1.23. The van der Waals surface area contributed by atoms with E-state index in [-0.39, 0.29) is 64.0 Å². The van der Waals surface area contributed by atoms with Gasteiger partial charge in [0.05, 0.1) is 31.5 Å². The van der Waals surface area contributed by atoms with Gasteiger partial charge >= 0.3 is 5.97 Å². The van der Waals surface area contributed by atoms with E-state index in [0.29, 0.717) is 25.8 Å². The zero-order valence-corrected chi connectivity index (χ0v) is 17.5. The van der Waals surface area contributed by atoms with Gasteiger partial charge in [0, 0.05) is 19.5 Å². The van der Waals surface area contributed by atoms with Gasteiger partial charge in [-0.05, 0) is 25.7 Å². The van der Waals surface area contributed by atoms with Crippen LogP contribution in [0.3, 0.4) is 0 Å². The van der Waals surface area contributed by atoms with Crippen LogP contribution < -0.4 is 21.7 Å². The minimum atomic E-state index is -1.21. The molecule has 0 aliphatic rings. The van der Waals surface area contributed by atoms with E-state index in [2.05, 4.69) is 16.0 Å². The molecule has 0 saturated heterocycles. The third kappa shape index (κ3) is 16.9. The molecule has 12 nitrogen and oxygen atoms in total. The van der Waals surface area contributed by atoms with E-state index in [9.17, 15) is 24.0 Å². The molecule has 0 saturated carbocycles. The van der Waals surface area contributed by atoms with Crippen molar-refractivity contribution in [2.45, 2.75) is 44.2 Å². The largest absolute Gasteiger partial charge is 0.480 e. The van der Waals surface area contributed by atoms with Crippen LogP contribution in [0.5, 0.6) is 0 Å². The molecule has 0 aromatic heterocycles. The third-order valence-electron chi connectivity index (χ3n) is 4.03. The summed E-state index contributed by atoms with van der Waals surface area (Å²) in [6.07, 6.45) is 2.03. The summed E-state index contributed by atoms with van der Waals surface area (Å²) in [5, 5.41) is 16.2. The highest BCUT2D eigenvalue weighted by molar-refractivity contribution is 6.59. The molecule has 0 aromatic carbocycles. The quantitative estimate of drug-likeness (QED) is 0.0767. The van der Waals surface area contributed by atoms with Crippen molar-refractivity contribution in [3.8, 4) is 0 Å². The van der Waals surface area contributed by atoms with Gasteiger partial charge in [-0.2, -0.15) is 0 Å². The normalized spacial score (nSPS) is 12.4. The Morgan fingerprint density at radius 1 is 0.968 bits per heavy atom. The van der Waals surface area contributed by atoms with Gasteiger partial charge in [-0.1, -0.05) is 0 Å². The van der Waals surface area contributed by atoms with Gasteiger partial charge in [-0.15, -0.1) is 0 Å². The average molecular weight is 442 g/mol. The number of carbonyl (C=O) groups excluding carboxylic acids is 4. The van der Waals surface area contributed by atoms with Crippen molar-refractivity contribution in [2.24, 2.45) is 5.73 Å². The van der Waals surface area contributed by atoms with Gasteiger partial charge in [-0.25, -0.2) is 4.79 Å². The molecule has 31 heavy (non-hydrogen) atoms. The van der Waals surface area contributed by atoms with Crippen LogP contribution in [0.2, 0.25) is 0 Å². The summed E-state index contributed by atoms with van der Waals surface area (Å²) in [7, 11) is 5.05. The second-order valence-electron chi connectivity index (χ2n) is 6.58. The van der Waals surface area contributed by atoms with E-state index < -0.39 is 23.7 Å². The molecule has 174 valence electrons. The Morgan fingerprint density at radius 2 is 1.65 bits per heavy atom. The van der Waals surface area contributed by atoms with E-state index in [4.69, 9.17) is 28.2 Å². The van der Waals surface area contributed by atoms with Gasteiger partial charge in [0.1, 0.15) is 12.6 Å². The highest BCUT2D eigenvalue weighted by Crippen LogP contribution is 1.98. The Hall–Kier alpha value is -2.51.